The molecule has 0 radical (unpaired) electrons. The SMILES string of the molecule is CC1CCCC(CN)(CN2CCC(C(C)O)C2)C1. The van der Waals surface area contributed by atoms with Crippen molar-refractivity contribution in [2.45, 2.75) is 52.1 Å². The lowest BCUT2D eigenvalue weighted by Crippen LogP contribution is -2.44. The molecule has 1 aliphatic carbocycles. The van der Waals surface area contributed by atoms with Gasteiger partial charge in [-0.25, -0.2) is 0 Å². The average Bonchev–Trinajstić information content (AvgIpc) is 2.77. The molecule has 2 fully saturated rings. The first-order valence-corrected chi connectivity index (χ1v) is 7.65. The first-order chi connectivity index (χ1) is 8.54. The highest BCUT2D eigenvalue weighted by Crippen LogP contribution is 2.40. The largest absolute Gasteiger partial charge is 0.393 e. The predicted molar refractivity (Wildman–Crippen MR) is 75.3 cm³/mol. The second-order valence-electron chi connectivity index (χ2n) is 6.93. The topological polar surface area (TPSA) is 49.5 Å². The second kappa shape index (κ2) is 5.89. The van der Waals surface area contributed by atoms with Crippen molar-refractivity contribution in [2.24, 2.45) is 23.0 Å². The van der Waals surface area contributed by atoms with Crippen LogP contribution in [0.4, 0.5) is 0 Å². The summed E-state index contributed by atoms with van der Waals surface area (Å²) in [7, 11) is 0. The minimum absolute atomic E-state index is 0.158. The molecule has 1 heterocycles. The number of rotatable bonds is 4. The van der Waals surface area contributed by atoms with Crippen LogP contribution in [0, 0.1) is 17.3 Å². The van der Waals surface area contributed by atoms with Crippen LogP contribution in [-0.2, 0) is 0 Å². The zero-order valence-corrected chi connectivity index (χ0v) is 12.1. The predicted octanol–water partition coefficient (Wildman–Crippen LogP) is 1.84. The van der Waals surface area contributed by atoms with E-state index in [2.05, 4.69) is 11.8 Å². The lowest BCUT2D eigenvalue weighted by Gasteiger charge is -2.42. The highest BCUT2D eigenvalue weighted by atomic mass is 16.3. The van der Waals surface area contributed by atoms with Crippen molar-refractivity contribution >= 4 is 0 Å². The van der Waals surface area contributed by atoms with Crippen molar-refractivity contribution in [3.8, 4) is 0 Å². The number of nitrogens with two attached hydrogens (primary N) is 1. The summed E-state index contributed by atoms with van der Waals surface area (Å²) >= 11 is 0. The lowest BCUT2D eigenvalue weighted by atomic mass is 9.70. The molecule has 1 saturated heterocycles. The van der Waals surface area contributed by atoms with Crippen LogP contribution in [0.3, 0.4) is 0 Å². The van der Waals surface area contributed by atoms with Crippen LogP contribution in [0.5, 0.6) is 0 Å². The molecule has 3 nitrogen and oxygen atoms in total. The van der Waals surface area contributed by atoms with Gasteiger partial charge >= 0.3 is 0 Å². The van der Waals surface area contributed by atoms with E-state index in [0.29, 0.717) is 11.3 Å². The molecule has 1 aliphatic heterocycles. The van der Waals surface area contributed by atoms with E-state index in [0.717, 1.165) is 38.5 Å². The fourth-order valence-corrected chi connectivity index (χ4v) is 4.04. The van der Waals surface area contributed by atoms with Gasteiger partial charge in [0.15, 0.2) is 0 Å². The molecular formula is C15H30N2O. The van der Waals surface area contributed by atoms with E-state index >= 15 is 0 Å². The molecule has 18 heavy (non-hydrogen) atoms. The molecule has 0 bridgehead atoms. The number of likely N-dealkylation sites (tertiary alicyclic amines) is 1. The monoisotopic (exact) mass is 254 g/mol. The Bertz CT molecular complexity index is 269. The summed E-state index contributed by atoms with van der Waals surface area (Å²) in [5, 5.41) is 9.69. The fraction of sp³-hybridized carbons (Fsp3) is 1.00. The molecule has 0 spiro atoms. The standard InChI is InChI=1S/C15H30N2O/c1-12-4-3-6-15(8-12,10-16)11-17-7-5-14(9-17)13(2)18/h12-14,18H,3-11,16H2,1-2H3. The third-order valence-electron chi connectivity index (χ3n) is 5.17. The molecule has 3 heteroatoms. The van der Waals surface area contributed by atoms with Gasteiger partial charge in [0.25, 0.3) is 0 Å². The quantitative estimate of drug-likeness (QED) is 0.805. The lowest BCUT2D eigenvalue weighted by molar-refractivity contribution is 0.0873. The highest BCUT2D eigenvalue weighted by molar-refractivity contribution is 4.91. The molecule has 0 aromatic rings. The van der Waals surface area contributed by atoms with Gasteiger partial charge in [-0.2, -0.15) is 0 Å². The Labute approximate surface area is 112 Å². The van der Waals surface area contributed by atoms with Crippen molar-refractivity contribution < 1.29 is 5.11 Å². The zero-order chi connectivity index (χ0) is 13.2. The highest BCUT2D eigenvalue weighted by Gasteiger charge is 2.37. The maximum absolute atomic E-state index is 9.69. The van der Waals surface area contributed by atoms with Crippen LogP contribution in [-0.4, -0.2) is 42.3 Å². The zero-order valence-electron chi connectivity index (χ0n) is 12.1. The van der Waals surface area contributed by atoms with E-state index < -0.39 is 0 Å². The molecule has 1 saturated carbocycles. The molecule has 3 N–H and O–H groups in total. The van der Waals surface area contributed by atoms with Crippen molar-refractivity contribution in [1.29, 1.82) is 0 Å². The average molecular weight is 254 g/mol. The fourth-order valence-electron chi connectivity index (χ4n) is 4.04. The van der Waals surface area contributed by atoms with Gasteiger partial charge in [-0.1, -0.05) is 19.8 Å². The Morgan fingerprint density at radius 3 is 2.78 bits per heavy atom. The second-order valence-corrected chi connectivity index (χ2v) is 6.93. The summed E-state index contributed by atoms with van der Waals surface area (Å²) in [6.07, 6.45) is 6.29. The first kappa shape index (κ1) is 14.3. The van der Waals surface area contributed by atoms with Gasteiger partial charge in [0.2, 0.25) is 0 Å². The molecule has 0 amide bonds. The van der Waals surface area contributed by atoms with Crippen LogP contribution in [0.2, 0.25) is 0 Å². The van der Waals surface area contributed by atoms with E-state index in [1.807, 2.05) is 6.92 Å². The van der Waals surface area contributed by atoms with E-state index in [1.165, 1.54) is 25.7 Å². The summed E-state index contributed by atoms with van der Waals surface area (Å²) in [6.45, 7) is 8.48. The smallest absolute Gasteiger partial charge is 0.0552 e. The summed E-state index contributed by atoms with van der Waals surface area (Å²) < 4.78 is 0. The summed E-state index contributed by atoms with van der Waals surface area (Å²) in [4.78, 5) is 2.54. The molecular weight excluding hydrogens is 224 g/mol. The third kappa shape index (κ3) is 3.25. The van der Waals surface area contributed by atoms with Gasteiger partial charge in [-0.15, -0.1) is 0 Å². The Kier molecular flexibility index (Phi) is 4.68. The van der Waals surface area contributed by atoms with Gasteiger partial charge in [0, 0.05) is 13.1 Å². The van der Waals surface area contributed by atoms with Gasteiger partial charge in [0.1, 0.15) is 0 Å². The summed E-state index contributed by atoms with van der Waals surface area (Å²) in [6, 6.07) is 0. The number of hydrogen-bond acceptors (Lipinski definition) is 3. The molecule has 4 atom stereocenters. The number of nitrogens with zero attached hydrogens (tertiary/aromatic N) is 1. The van der Waals surface area contributed by atoms with Crippen molar-refractivity contribution in [3.05, 3.63) is 0 Å². The van der Waals surface area contributed by atoms with Crippen LogP contribution in [0.15, 0.2) is 0 Å². The van der Waals surface area contributed by atoms with Crippen LogP contribution in [0.25, 0.3) is 0 Å². The maximum Gasteiger partial charge on any atom is 0.0552 e. The molecule has 2 rings (SSSR count). The number of aliphatic hydroxyl groups is 1. The Morgan fingerprint density at radius 2 is 2.22 bits per heavy atom. The van der Waals surface area contributed by atoms with Crippen molar-refractivity contribution in [2.75, 3.05) is 26.2 Å². The van der Waals surface area contributed by atoms with E-state index in [1.54, 1.807) is 0 Å². The van der Waals surface area contributed by atoms with Gasteiger partial charge in [-0.3, -0.25) is 0 Å². The first-order valence-electron chi connectivity index (χ1n) is 7.65. The van der Waals surface area contributed by atoms with Gasteiger partial charge < -0.3 is 15.7 Å². The molecule has 0 aromatic carbocycles. The number of aliphatic hydroxyl groups excluding tert-OH is 1. The normalized spacial score (nSPS) is 40.0. The minimum Gasteiger partial charge on any atom is -0.393 e. The Balaban J connectivity index is 1.91. The third-order valence-corrected chi connectivity index (χ3v) is 5.17. The molecule has 106 valence electrons. The van der Waals surface area contributed by atoms with E-state index in [-0.39, 0.29) is 6.10 Å². The van der Waals surface area contributed by atoms with Crippen molar-refractivity contribution in [1.82, 2.24) is 4.90 Å². The molecule has 2 aliphatic rings. The van der Waals surface area contributed by atoms with Crippen molar-refractivity contribution in [3.63, 3.8) is 0 Å². The van der Waals surface area contributed by atoms with Crippen LogP contribution >= 0.6 is 0 Å². The minimum atomic E-state index is -0.158. The van der Waals surface area contributed by atoms with Gasteiger partial charge in [-0.05, 0) is 56.5 Å². The Hall–Kier alpha value is -0.120. The van der Waals surface area contributed by atoms with E-state index in [9.17, 15) is 5.11 Å². The Morgan fingerprint density at radius 1 is 1.44 bits per heavy atom. The van der Waals surface area contributed by atoms with Gasteiger partial charge in [0.05, 0.1) is 6.10 Å². The summed E-state index contributed by atoms with van der Waals surface area (Å²) in [5.74, 6) is 1.30. The number of hydrogen-bond donors (Lipinski definition) is 2. The summed E-state index contributed by atoms with van der Waals surface area (Å²) in [5.41, 5.74) is 6.45. The maximum atomic E-state index is 9.69. The van der Waals surface area contributed by atoms with E-state index in [4.69, 9.17) is 5.73 Å². The van der Waals surface area contributed by atoms with Crippen LogP contribution in [0.1, 0.15) is 46.0 Å². The van der Waals surface area contributed by atoms with Crippen LogP contribution < -0.4 is 5.73 Å². The molecule has 4 unspecified atom stereocenters. The molecule has 0 aromatic heterocycles.